The highest BCUT2D eigenvalue weighted by Gasteiger charge is 2.35. The van der Waals surface area contributed by atoms with Crippen molar-refractivity contribution >= 4 is 34.1 Å². The summed E-state index contributed by atoms with van der Waals surface area (Å²) < 4.78 is 22.1. The van der Waals surface area contributed by atoms with E-state index in [-0.39, 0.29) is 11.9 Å². The Labute approximate surface area is 201 Å². The molecule has 3 aromatic heterocycles. The van der Waals surface area contributed by atoms with Crippen molar-refractivity contribution in [1.29, 1.82) is 0 Å². The van der Waals surface area contributed by atoms with Gasteiger partial charge in [-0.15, -0.1) is 14.2 Å². The summed E-state index contributed by atoms with van der Waals surface area (Å²) in [4.78, 5) is 17.3. The van der Waals surface area contributed by atoms with Gasteiger partial charge in [-0.25, -0.2) is 9.78 Å². The maximum atomic E-state index is 13.3. The van der Waals surface area contributed by atoms with Gasteiger partial charge in [0.2, 0.25) is 5.65 Å². The first kappa shape index (κ1) is 22.6. The van der Waals surface area contributed by atoms with Gasteiger partial charge in [-0.2, -0.15) is 0 Å². The summed E-state index contributed by atoms with van der Waals surface area (Å²) in [6.45, 7) is 6.34. The third kappa shape index (κ3) is 3.99. The number of aromatic nitrogens is 5. The van der Waals surface area contributed by atoms with E-state index in [0.29, 0.717) is 28.7 Å². The summed E-state index contributed by atoms with van der Waals surface area (Å²) in [5.41, 5.74) is 4.27. The van der Waals surface area contributed by atoms with E-state index in [1.165, 1.54) is 0 Å². The van der Waals surface area contributed by atoms with Gasteiger partial charge >= 0.3 is 5.97 Å². The van der Waals surface area contributed by atoms with Crippen molar-refractivity contribution in [2.45, 2.75) is 50.8 Å². The topological polar surface area (TPSA) is 97.4 Å². The first-order chi connectivity index (χ1) is 16.5. The van der Waals surface area contributed by atoms with Gasteiger partial charge in [-0.3, -0.25) is 4.40 Å². The SMILES string of the molecule is CCOC(=O)/C=C1\CC(CC)C(c2nnc3cnc4c(ccn4[S+]([O-])c4ccc(C)cc4)n23)C1. The summed E-state index contributed by atoms with van der Waals surface area (Å²) in [5, 5.41) is 8.92. The molecule has 1 fully saturated rings. The average Bonchev–Trinajstić information content (AvgIpc) is 3.54. The first-order valence-corrected chi connectivity index (χ1v) is 12.7. The summed E-state index contributed by atoms with van der Waals surface area (Å²) in [5.74, 6) is 1.03. The van der Waals surface area contributed by atoms with Crippen molar-refractivity contribution in [2.75, 3.05) is 6.61 Å². The maximum Gasteiger partial charge on any atom is 0.330 e. The Morgan fingerprint density at radius 2 is 2.00 bits per heavy atom. The Hall–Kier alpha value is -3.17. The number of ether oxygens (including phenoxy) is 1. The van der Waals surface area contributed by atoms with Crippen LogP contribution in [0.3, 0.4) is 0 Å². The molecule has 1 aromatic carbocycles. The van der Waals surface area contributed by atoms with Crippen molar-refractivity contribution < 1.29 is 14.1 Å². The number of hydrogen-bond donors (Lipinski definition) is 0. The molecule has 176 valence electrons. The molecule has 0 saturated heterocycles. The van der Waals surface area contributed by atoms with Crippen LogP contribution in [0, 0.1) is 12.8 Å². The number of rotatable bonds is 6. The highest BCUT2D eigenvalue weighted by molar-refractivity contribution is 7.90. The molecular weight excluding hydrogens is 450 g/mol. The van der Waals surface area contributed by atoms with E-state index in [1.54, 1.807) is 22.4 Å². The molecular formula is C25H27N5O3S. The number of hydrogen-bond acceptors (Lipinski definition) is 6. The number of fused-ring (bicyclic) bond motifs is 3. The van der Waals surface area contributed by atoms with Gasteiger partial charge < -0.3 is 9.29 Å². The number of allylic oxidation sites excluding steroid dienone is 1. The van der Waals surface area contributed by atoms with E-state index in [2.05, 4.69) is 22.1 Å². The number of nitrogens with zero attached hydrogens (tertiary/aromatic N) is 5. The monoisotopic (exact) mass is 477 g/mol. The molecule has 1 aliphatic carbocycles. The predicted octanol–water partition coefficient (Wildman–Crippen LogP) is 4.35. The molecule has 34 heavy (non-hydrogen) atoms. The van der Waals surface area contributed by atoms with E-state index >= 15 is 0 Å². The quantitative estimate of drug-likeness (QED) is 0.233. The lowest BCUT2D eigenvalue weighted by atomic mass is 9.93. The largest absolute Gasteiger partial charge is 0.587 e. The second kappa shape index (κ2) is 9.23. The highest BCUT2D eigenvalue weighted by atomic mass is 32.2. The van der Waals surface area contributed by atoms with Gasteiger partial charge in [0.25, 0.3) is 0 Å². The van der Waals surface area contributed by atoms with Crippen LogP contribution in [0.25, 0.3) is 16.8 Å². The number of carbonyl (C=O) groups is 1. The fraction of sp³-hybridized carbons (Fsp3) is 0.360. The van der Waals surface area contributed by atoms with Crippen molar-refractivity contribution in [3.05, 3.63) is 65.8 Å². The number of aryl methyl sites for hydroxylation is 1. The molecule has 1 saturated carbocycles. The Morgan fingerprint density at radius 3 is 2.74 bits per heavy atom. The molecule has 0 spiro atoms. The Kier molecular flexibility index (Phi) is 6.14. The van der Waals surface area contributed by atoms with E-state index in [4.69, 9.17) is 4.74 Å². The molecule has 0 aliphatic heterocycles. The number of carbonyl (C=O) groups excluding carboxylic acids is 1. The molecule has 4 aromatic rings. The first-order valence-electron chi connectivity index (χ1n) is 11.6. The zero-order valence-electron chi connectivity index (χ0n) is 19.5. The van der Waals surface area contributed by atoms with Crippen molar-refractivity contribution in [3.63, 3.8) is 0 Å². The van der Waals surface area contributed by atoms with Crippen LogP contribution in [-0.4, -0.2) is 40.7 Å². The minimum absolute atomic E-state index is 0.122. The molecule has 0 amide bonds. The van der Waals surface area contributed by atoms with Gasteiger partial charge in [0.1, 0.15) is 17.2 Å². The van der Waals surface area contributed by atoms with Crippen molar-refractivity contribution in [2.24, 2.45) is 5.92 Å². The third-order valence-electron chi connectivity index (χ3n) is 6.50. The molecule has 8 nitrogen and oxygen atoms in total. The van der Waals surface area contributed by atoms with Crippen LogP contribution in [0.5, 0.6) is 0 Å². The van der Waals surface area contributed by atoms with Gasteiger partial charge in [0.15, 0.2) is 10.5 Å². The van der Waals surface area contributed by atoms with Gasteiger partial charge in [-0.1, -0.05) is 36.6 Å². The second-order valence-electron chi connectivity index (χ2n) is 8.66. The lowest BCUT2D eigenvalue weighted by molar-refractivity contribution is -0.137. The third-order valence-corrected chi connectivity index (χ3v) is 7.83. The van der Waals surface area contributed by atoms with Crippen LogP contribution in [0.4, 0.5) is 0 Å². The summed E-state index contributed by atoms with van der Waals surface area (Å²) in [6, 6.07) is 9.58. The van der Waals surface area contributed by atoms with Crippen LogP contribution in [0.2, 0.25) is 0 Å². The Morgan fingerprint density at radius 1 is 1.21 bits per heavy atom. The molecule has 3 heterocycles. The van der Waals surface area contributed by atoms with Crippen LogP contribution in [0.1, 0.15) is 50.4 Å². The van der Waals surface area contributed by atoms with Crippen LogP contribution in [-0.2, 0) is 20.9 Å². The summed E-state index contributed by atoms with van der Waals surface area (Å²) in [6.07, 6.45) is 7.64. The maximum absolute atomic E-state index is 13.3. The molecule has 1 aliphatic rings. The Bertz CT molecular complexity index is 1370. The van der Waals surface area contributed by atoms with Gasteiger partial charge in [0.05, 0.1) is 24.5 Å². The minimum Gasteiger partial charge on any atom is -0.587 e. The van der Waals surface area contributed by atoms with E-state index < -0.39 is 11.4 Å². The molecule has 3 atom stereocenters. The second-order valence-corrected chi connectivity index (χ2v) is 10.0. The molecule has 0 N–H and O–H groups in total. The van der Waals surface area contributed by atoms with Gasteiger partial charge in [-0.05, 0) is 50.8 Å². The minimum atomic E-state index is -1.42. The lowest BCUT2D eigenvalue weighted by Gasteiger charge is -2.16. The van der Waals surface area contributed by atoms with Crippen molar-refractivity contribution in [3.8, 4) is 0 Å². The zero-order valence-corrected chi connectivity index (χ0v) is 20.3. The number of esters is 1. The smallest absolute Gasteiger partial charge is 0.330 e. The molecule has 3 unspecified atom stereocenters. The fourth-order valence-corrected chi connectivity index (χ4v) is 5.87. The number of benzene rings is 1. The standard InChI is InChI=1S/C25H27N5O3S/c1-4-18-12-17(14-23(31)33-5-2)13-20(18)24-28-27-22-15-26-25-21(30(22)24)10-11-29(25)34(32)19-8-6-16(3)7-9-19/h6-11,14-15,18,20H,4-5,12-13H2,1-3H3/b17-14+. The van der Waals surface area contributed by atoms with E-state index in [0.717, 1.165) is 41.7 Å². The van der Waals surface area contributed by atoms with Crippen LogP contribution in [0.15, 0.2) is 59.3 Å². The molecule has 9 heteroatoms. The van der Waals surface area contributed by atoms with Gasteiger partial charge in [0, 0.05) is 12.0 Å². The normalized spacial score (nSPS) is 20.4. The average molecular weight is 478 g/mol. The van der Waals surface area contributed by atoms with E-state index in [9.17, 15) is 9.35 Å². The van der Waals surface area contributed by atoms with Crippen LogP contribution >= 0.6 is 0 Å². The van der Waals surface area contributed by atoms with E-state index in [1.807, 2.05) is 48.6 Å². The van der Waals surface area contributed by atoms with Crippen molar-refractivity contribution in [1.82, 2.24) is 23.6 Å². The Balaban J connectivity index is 1.55. The lowest BCUT2D eigenvalue weighted by Crippen LogP contribution is -2.13. The highest BCUT2D eigenvalue weighted by Crippen LogP contribution is 2.44. The molecule has 0 radical (unpaired) electrons. The fourth-order valence-electron chi connectivity index (χ4n) is 4.81. The summed E-state index contributed by atoms with van der Waals surface area (Å²) >= 11 is -1.42. The van der Waals surface area contributed by atoms with Crippen LogP contribution < -0.4 is 0 Å². The molecule has 5 rings (SSSR count). The molecule has 0 bridgehead atoms. The predicted molar refractivity (Wildman–Crippen MR) is 130 cm³/mol. The summed E-state index contributed by atoms with van der Waals surface area (Å²) in [7, 11) is 0. The zero-order chi connectivity index (χ0) is 23.8.